The monoisotopic (exact) mass is 232 g/mol. The Morgan fingerprint density at radius 2 is 2.18 bits per heavy atom. The van der Waals surface area contributed by atoms with Gasteiger partial charge in [-0.05, 0) is 35.8 Å². The Bertz CT molecular complexity index is 358. The fraction of sp³-hybridized carbons (Fsp3) is 0.600. The number of rotatable bonds is 5. The van der Waals surface area contributed by atoms with E-state index in [0.29, 0.717) is 5.92 Å². The van der Waals surface area contributed by atoms with Crippen LogP contribution in [0.25, 0.3) is 0 Å². The third-order valence-electron chi connectivity index (χ3n) is 4.24. The molecule has 0 amide bonds. The van der Waals surface area contributed by atoms with E-state index in [0.717, 1.165) is 12.3 Å². The van der Waals surface area contributed by atoms with Crippen LogP contribution < -0.4 is 11.3 Å². The van der Waals surface area contributed by atoms with Crippen LogP contribution in [0.2, 0.25) is 0 Å². The quantitative estimate of drug-likeness (QED) is 0.602. The van der Waals surface area contributed by atoms with E-state index in [1.165, 1.54) is 30.4 Å². The lowest BCUT2D eigenvalue weighted by molar-refractivity contribution is 0.380. The molecular formula is C15H24N2. The molecule has 0 spiro atoms. The number of nitrogens with two attached hydrogens (primary N) is 1. The standard InChI is InChI=1S/C15H24N2/c1-3-11(2)15(17-16)14-9-5-8-13(10-14)12-6-4-7-12/h5,8-12,15,17H,3-4,6-7,16H2,1-2H3. The molecule has 2 nitrogen and oxygen atoms in total. The molecule has 2 rings (SSSR count). The summed E-state index contributed by atoms with van der Waals surface area (Å²) in [6, 6.07) is 9.26. The molecule has 1 saturated carbocycles. The molecule has 2 heteroatoms. The fourth-order valence-electron chi connectivity index (χ4n) is 2.57. The Labute approximate surface area is 105 Å². The number of hydrogen-bond acceptors (Lipinski definition) is 2. The highest BCUT2D eigenvalue weighted by molar-refractivity contribution is 5.30. The first-order valence-corrected chi connectivity index (χ1v) is 6.82. The first kappa shape index (κ1) is 12.6. The van der Waals surface area contributed by atoms with Crippen molar-refractivity contribution in [2.45, 2.75) is 51.5 Å². The predicted octanol–water partition coefficient (Wildman–Crippen LogP) is 3.50. The summed E-state index contributed by atoms with van der Waals surface area (Å²) in [5, 5.41) is 0. The van der Waals surface area contributed by atoms with Gasteiger partial charge in [-0.3, -0.25) is 11.3 Å². The zero-order valence-corrected chi connectivity index (χ0v) is 10.9. The molecule has 3 N–H and O–H groups in total. The van der Waals surface area contributed by atoms with Crippen LogP contribution in [0.4, 0.5) is 0 Å². The first-order chi connectivity index (χ1) is 8.26. The first-order valence-electron chi connectivity index (χ1n) is 6.82. The van der Waals surface area contributed by atoms with Gasteiger partial charge in [-0.2, -0.15) is 0 Å². The second kappa shape index (κ2) is 5.65. The smallest absolute Gasteiger partial charge is 0.0485 e. The molecule has 1 fully saturated rings. The molecule has 2 atom stereocenters. The summed E-state index contributed by atoms with van der Waals surface area (Å²) in [4.78, 5) is 0. The largest absolute Gasteiger partial charge is 0.271 e. The lowest BCUT2D eigenvalue weighted by atomic mass is 9.79. The second-order valence-electron chi connectivity index (χ2n) is 5.33. The molecule has 17 heavy (non-hydrogen) atoms. The van der Waals surface area contributed by atoms with Crippen LogP contribution in [0, 0.1) is 5.92 Å². The maximum atomic E-state index is 5.70. The van der Waals surface area contributed by atoms with E-state index in [9.17, 15) is 0 Å². The molecule has 1 aromatic rings. The summed E-state index contributed by atoms with van der Waals surface area (Å²) in [5.74, 6) is 7.07. The minimum atomic E-state index is 0.278. The summed E-state index contributed by atoms with van der Waals surface area (Å²) in [5.41, 5.74) is 5.81. The van der Waals surface area contributed by atoms with Gasteiger partial charge < -0.3 is 0 Å². The van der Waals surface area contributed by atoms with E-state index >= 15 is 0 Å². The predicted molar refractivity (Wildman–Crippen MR) is 72.6 cm³/mol. The number of hydrazine groups is 1. The van der Waals surface area contributed by atoms with Crippen molar-refractivity contribution in [2.75, 3.05) is 0 Å². The van der Waals surface area contributed by atoms with Crippen LogP contribution in [0.15, 0.2) is 24.3 Å². The van der Waals surface area contributed by atoms with E-state index in [2.05, 4.69) is 43.5 Å². The maximum Gasteiger partial charge on any atom is 0.0485 e. The molecule has 0 radical (unpaired) electrons. The van der Waals surface area contributed by atoms with Crippen molar-refractivity contribution in [1.82, 2.24) is 5.43 Å². The zero-order chi connectivity index (χ0) is 12.3. The lowest BCUT2D eigenvalue weighted by Crippen LogP contribution is -2.32. The van der Waals surface area contributed by atoms with Crippen LogP contribution in [0.3, 0.4) is 0 Å². The molecule has 94 valence electrons. The van der Waals surface area contributed by atoms with Crippen molar-refractivity contribution in [1.29, 1.82) is 0 Å². The van der Waals surface area contributed by atoms with Crippen molar-refractivity contribution in [3.8, 4) is 0 Å². The van der Waals surface area contributed by atoms with E-state index in [1.54, 1.807) is 0 Å². The zero-order valence-electron chi connectivity index (χ0n) is 10.9. The second-order valence-corrected chi connectivity index (χ2v) is 5.33. The van der Waals surface area contributed by atoms with Gasteiger partial charge in [0.1, 0.15) is 0 Å². The average molecular weight is 232 g/mol. The summed E-state index contributed by atoms with van der Waals surface area (Å²) < 4.78 is 0. The topological polar surface area (TPSA) is 38.0 Å². The minimum Gasteiger partial charge on any atom is -0.271 e. The minimum absolute atomic E-state index is 0.278. The molecule has 0 aromatic heterocycles. The molecule has 1 aliphatic carbocycles. The van der Waals surface area contributed by atoms with Crippen molar-refractivity contribution in [2.24, 2.45) is 11.8 Å². The van der Waals surface area contributed by atoms with Crippen LogP contribution in [-0.4, -0.2) is 0 Å². The molecule has 2 unspecified atom stereocenters. The van der Waals surface area contributed by atoms with Gasteiger partial charge in [0.25, 0.3) is 0 Å². The summed E-state index contributed by atoms with van der Waals surface area (Å²) in [6.45, 7) is 4.46. The molecule has 1 aliphatic rings. The van der Waals surface area contributed by atoms with Crippen LogP contribution in [-0.2, 0) is 0 Å². The van der Waals surface area contributed by atoms with Crippen LogP contribution >= 0.6 is 0 Å². The highest BCUT2D eigenvalue weighted by atomic mass is 15.2. The highest BCUT2D eigenvalue weighted by Gasteiger charge is 2.21. The van der Waals surface area contributed by atoms with Crippen LogP contribution in [0.5, 0.6) is 0 Å². The summed E-state index contributed by atoms with van der Waals surface area (Å²) in [7, 11) is 0. The third-order valence-corrected chi connectivity index (χ3v) is 4.24. The van der Waals surface area contributed by atoms with Crippen molar-refractivity contribution >= 4 is 0 Å². The average Bonchev–Trinajstić information content (AvgIpc) is 2.28. The normalized spacial score (nSPS) is 19.7. The van der Waals surface area contributed by atoms with Gasteiger partial charge in [-0.15, -0.1) is 0 Å². The number of benzene rings is 1. The van der Waals surface area contributed by atoms with Crippen molar-refractivity contribution in [3.05, 3.63) is 35.4 Å². The van der Waals surface area contributed by atoms with Gasteiger partial charge in [0.05, 0.1) is 0 Å². The summed E-state index contributed by atoms with van der Waals surface area (Å²) in [6.07, 6.45) is 5.24. The fourth-order valence-corrected chi connectivity index (χ4v) is 2.57. The van der Waals surface area contributed by atoms with Gasteiger partial charge in [0.15, 0.2) is 0 Å². The SMILES string of the molecule is CCC(C)C(NN)c1cccc(C2CCC2)c1. The Kier molecular flexibility index (Phi) is 4.19. The molecule has 0 bridgehead atoms. The van der Waals surface area contributed by atoms with E-state index < -0.39 is 0 Å². The lowest BCUT2D eigenvalue weighted by Gasteiger charge is -2.28. The Morgan fingerprint density at radius 1 is 1.41 bits per heavy atom. The van der Waals surface area contributed by atoms with Gasteiger partial charge >= 0.3 is 0 Å². The molecule has 0 saturated heterocycles. The molecule has 0 aliphatic heterocycles. The number of hydrogen-bond donors (Lipinski definition) is 2. The Morgan fingerprint density at radius 3 is 2.71 bits per heavy atom. The van der Waals surface area contributed by atoms with Gasteiger partial charge in [-0.25, -0.2) is 0 Å². The highest BCUT2D eigenvalue weighted by Crippen LogP contribution is 2.37. The number of nitrogens with one attached hydrogen (secondary N) is 1. The van der Waals surface area contributed by atoms with Gasteiger partial charge in [-0.1, -0.05) is 51.0 Å². The van der Waals surface area contributed by atoms with Crippen LogP contribution in [0.1, 0.15) is 62.6 Å². The molecule has 0 heterocycles. The Hall–Kier alpha value is -0.860. The third kappa shape index (κ3) is 2.70. The van der Waals surface area contributed by atoms with Crippen molar-refractivity contribution < 1.29 is 0 Å². The van der Waals surface area contributed by atoms with E-state index in [4.69, 9.17) is 5.84 Å². The van der Waals surface area contributed by atoms with Gasteiger partial charge in [0, 0.05) is 6.04 Å². The van der Waals surface area contributed by atoms with E-state index in [-0.39, 0.29) is 6.04 Å². The molecular weight excluding hydrogens is 208 g/mol. The van der Waals surface area contributed by atoms with Gasteiger partial charge in [0.2, 0.25) is 0 Å². The summed E-state index contributed by atoms with van der Waals surface area (Å²) >= 11 is 0. The molecule has 1 aromatic carbocycles. The van der Waals surface area contributed by atoms with Crippen molar-refractivity contribution in [3.63, 3.8) is 0 Å². The Balaban J connectivity index is 2.18. The maximum absolute atomic E-state index is 5.70. The van der Waals surface area contributed by atoms with E-state index in [1.807, 2.05) is 0 Å².